The molecule has 0 spiro atoms. The highest BCUT2D eigenvalue weighted by Crippen LogP contribution is 2.14. The molecule has 0 heterocycles. The Kier molecular flexibility index (Phi) is 4.65. The largest absolute Gasteiger partial charge is 0.373 e. The van der Waals surface area contributed by atoms with Crippen LogP contribution in [0.15, 0.2) is 35.2 Å². The summed E-state index contributed by atoms with van der Waals surface area (Å²) in [5, 5.41) is 12.3. The average molecular weight is 227 g/mol. The van der Waals surface area contributed by atoms with E-state index in [0.717, 1.165) is 4.91 Å². The number of hydrogen-bond donors (Lipinski definition) is 3. The highest BCUT2D eigenvalue weighted by Gasteiger charge is 2.04. The van der Waals surface area contributed by atoms with Crippen LogP contribution in [-0.2, 0) is 0 Å². The maximum absolute atomic E-state index is 12.8. The molecule has 2 nitrogen and oxygen atoms in total. The van der Waals surface area contributed by atoms with Gasteiger partial charge in [0.15, 0.2) is 0 Å². The zero-order valence-corrected chi connectivity index (χ0v) is 9.34. The second-order valence-corrected chi connectivity index (χ2v) is 3.73. The number of hydrogen-bond acceptors (Lipinski definition) is 3. The first kappa shape index (κ1) is 12.1. The van der Waals surface area contributed by atoms with Crippen molar-refractivity contribution in [3.63, 3.8) is 0 Å². The molecule has 1 unspecified atom stereocenters. The zero-order chi connectivity index (χ0) is 11.3. The fraction of sp³-hybridized carbons (Fsp3) is 0.273. The predicted molar refractivity (Wildman–Crippen MR) is 63.4 cm³/mol. The standard InChI is InChI=1S/C11H14FNOS/c1-2-10(15)7-11(14)13-9-5-3-4-8(12)6-9/h2-6,11,13-15H,7H2,1H3/b10-2-. The molecule has 0 saturated heterocycles. The van der Waals surface area contributed by atoms with Gasteiger partial charge in [0.2, 0.25) is 0 Å². The Morgan fingerprint density at radius 2 is 2.40 bits per heavy atom. The van der Waals surface area contributed by atoms with Crippen molar-refractivity contribution in [1.82, 2.24) is 0 Å². The molecule has 0 aliphatic heterocycles. The highest BCUT2D eigenvalue weighted by atomic mass is 32.1. The average Bonchev–Trinajstić information content (AvgIpc) is 2.17. The van der Waals surface area contributed by atoms with Crippen molar-refractivity contribution in [1.29, 1.82) is 0 Å². The van der Waals surface area contributed by atoms with Crippen LogP contribution in [0.4, 0.5) is 10.1 Å². The third kappa shape index (κ3) is 4.36. The van der Waals surface area contributed by atoms with Gasteiger partial charge in [-0.1, -0.05) is 12.1 Å². The van der Waals surface area contributed by atoms with E-state index in [-0.39, 0.29) is 5.82 Å². The minimum absolute atomic E-state index is 0.329. The van der Waals surface area contributed by atoms with Crippen molar-refractivity contribution < 1.29 is 9.50 Å². The Hall–Kier alpha value is -1.00. The van der Waals surface area contributed by atoms with Crippen LogP contribution in [0.2, 0.25) is 0 Å². The smallest absolute Gasteiger partial charge is 0.129 e. The van der Waals surface area contributed by atoms with Crippen molar-refractivity contribution >= 4 is 18.3 Å². The number of thiol groups is 1. The van der Waals surface area contributed by atoms with Gasteiger partial charge in [0, 0.05) is 12.1 Å². The molecule has 0 fully saturated rings. The molecule has 0 aromatic heterocycles. The number of benzene rings is 1. The Labute approximate surface area is 94.2 Å². The van der Waals surface area contributed by atoms with E-state index >= 15 is 0 Å². The second-order valence-electron chi connectivity index (χ2n) is 3.15. The van der Waals surface area contributed by atoms with Crippen LogP contribution in [-0.4, -0.2) is 11.3 Å². The summed E-state index contributed by atoms with van der Waals surface area (Å²) in [6, 6.07) is 5.96. The maximum atomic E-state index is 12.8. The molecule has 1 rings (SSSR count). The van der Waals surface area contributed by atoms with Gasteiger partial charge < -0.3 is 10.4 Å². The van der Waals surface area contributed by atoms with Gasteiger partial charge >= 0.3 is 0 Å². The molecule has 2 N–H and O–H groups in total. The third-order valence-electron chi connectivity index (χ3n) is 1.89. The van der Waals surface area contributed by atoms with Crippen LogP contribution < -0.4 is 5.32 Å². The van der Waals surface area contributed by atoms with Crippen molar-refractivity contribution in [3.8, 4) is 0 Å². The van der Waals surface area contributed by atoms with E-state index in [1.54, 1.807) is 18.2 Å². The molecular formula is C11H14FNOS. The minimum atomic E-state index is -0.754. The number of halogens is 1. The van der Waals surface area contributed by atoms with Gasteiger partial charge in [0.05, 0.1) is 0 Å². The lowest BCUT2D eigenvalue weighted by Crippen LogP contribution is -2.18. The number of aliphatic hydroxyl groups excluding tert-OH is 1. The summed E-state index contributed by atoms with van der Waals surface area (Å²) in [6.45, 7) is 1.84. The molecule has 0 bridgehead atoms. The zero-order valence-electron chi connectivity index (χ0n) is 8.44. The van der Waals surface area contributed by atoms with E-state index in [0.29, 0.717) is 12.1 Å². The van der Waals surface area contributed by atoms with Gasteiger partial charge in [-0.25, -0.2) is 4.39 Å². The molecule has 4 heteroatoms. The Balaban J connectivity index is 2.55. The highest BCUT2D eigenvalue weighted by molar-refractivity contribution is 7.84. The number of aliphatic hydroxyl groups is 1. The van der Waals surface area contributed by atoms with Crippen molar-refractivity contribution in [2.75, 3.05) is 5.32 Å². The van der Waals surface area contributed by atoms with E-state index in [1.807, 2.05) is 6.92 Å². The molecule has 0 aliphatic rings. The summed E-state index contributed by atoms with van der Waals surface area (Å²) in [4.78, 5) is 0.784. The van der Waals surface area contributed by atoms with Crippen molar-refractivity contribution in [3.05, 3.63) is 41.1 Å². The Morgan fingerprint density at radius 1 is 1.67 bits per heavy atom. The summed E-state index contributed by atoms with van der Waals surface area (Å²) in [5.74, 6) is -0.329. The first-order valence-electron chi connectivity index (χ1n) is 4.66. The first-order valence-corrected chi connectivity index (χ1v) is 5.11. The van der Waals surface area contributed by atoms with Crippen LogP contribution in [0.1, 0.15) is 13.3 Å². The van der Waals surface area contributed by atoms with E-state index in [2.05, 4.69) is 17.9 Å². The summed E-state index contributed by atoms with van der Waals surface area (Å²) in [6.07, 6.45) is 1.45. The molecule has 82 valence electrons. The summed E-state index contributed by atoms with van der Waals surface area (Å²) >= 11 is 4.14. The minimum Gasteiger partial charge on any atom is -0.373 e. The SMILES string of the molecule is C/C=C(\S)CC(O)Nc1cccc(F)c1. The van der Waals surface area contributed by atoms with Crippen LogP contribution in [0, 0.1) is 5.82 Å². The molecule has 0 amide bonds. The number of nitrogens with one attached hydrogen (secondary N) is 1. The number of rotatable bonds is 4. The topological polar surface area (TPSA) is 32.3 Å². The lowest BCUT2D eigenvalue weighted by Gasteiger charge is -2.13. The molecule has 0 radical (unpaired) electrons. The van der Waals surface area contributed by atoms with Gasteiger partial charge in [-0.3, -0.25) is 0 Å². The van der Waals surface area contributed by atoms with Crippen LogP contribution in [0.25, 0.3) is 0 Å². The molecule has 1 aromatic carbocycles. The predicted octanol–water partition coefficient (Wildman–Crippen LogP) is 2.78. The van der Waals surface area contributed by atoms with E-state index in [1.165, 1.54) is 12.1 Å². The normalized spacial score (nSPS) is 13.7. The molecule has 15 heavy (non-hydrogen) atoms. The quantitative estimate of drug-likeness (QED) is 0.546. The summed E-state index contributed by atoms with van der Waals surface area (Å²) < 4.78 is 12.8. The fourth-order valence-corrected chi connectivity index (χ4v) is 1.31. The molecule has 1 aromatic rings. The monoisotopic (exact) mass is 227 g/mol. The summed E-state index contributed by atoms with van der Waals surface area (Å²) in [7, 11) is 0. The van der Waals surface area contributed by atoms with Gasteiger partial charge in [-0.15, -0.1) is 12.6 Å². The van der Waals surface area contributed by atoms with Gasteiger partial charge in [0.1, 0.15) is 12.0 Å². The van der Waals surface area contributed by atoms with Crippen molar-refractivity contribution in [2.45, 2.75) is 19.6 Å². The molecule has 0 aliphatic carbocycles. The van der Waals surface area contributed by atoms with Crippen LogP contribution >= 0.6 is 12.6 Å². The van der Waals surface area contributed by atoms with E-state index in [4.69, 9.17) is 0 Å². The molecule has 0 saturated carbocycles. The lowest BCUT2D eigenvalue weighted by molar-refractivity contribution is 0.206. The third-order valence-corrected chi connectivity index (χ3v) is 2.33. The Bertz CT molecular complexity index is 354. The van der Waals surface area contributed by atoms with Gasteiger partial charge in [-0.05, 0) is 30.0 Å². The summed E-state index contributed by atoms with van der Waals surface area (Å²) in [5.41, 5.74) is 0.555. The van der Waals surface area contributed by atoms with E-state index in [9.17, 15) is 9.50 Å². The van der Waals surface area contributed by atoms with Gasteiger partial charge in [0.25, 0.3) is 0 Å². The second kappa shape index (κ2) is 5.78. The molecule has 1 atom stereocenters. The number of anilines is 1. The maximum Gasteiger partial charge on any atom is 0.129 e. The van der Waals surface area contributed by atoms with E-state index < -0.39 is 6.23 Å². The van der Waals surface area contributed by atoms with Crippen LogP contribution in [0.5, 0.6) is 0 Å². The Morgan fingerprint density at radius 3 is 3.00 bits per heavy atom. The van der Waals surface area contributed by atoms with Crippen molar-refractivity contribution in [2.24, 2.45) is 0 Å². The first-order chi connectivity index (χ1) is 7.11. The number of allylic oxidation sites excluding steroid dienone is 1. The van der Waals surface area contributed by atoms with Crippen LogP contribution in [0.3, 0.4) is 0 Å². The lowest BCUT2D eigenvalue weighted by atomic mass is 10.3. The molecular weight excluding hydrogens is 213 g/mol. The fourth-order valence-electron chi connectivity index (χ4n) is 1.14. The van der Waals surface area contributed by atoms with Gasteiger partial charge in [-0.2, -0.15) is 0 Å².